The third-order valence-corrected chi connectivity index (χ3v) is 3.77. The van der Waals surface area contributed by atoms with Gasteiger partial charge >= 0.3 is 11.9 Å². The molecule has 0 N–H and O–H groups in total. The highest BCUT2D eigenvalue weighted by atomic mass is 16.5. The highest BCUT2D eigenvalue weighted by Gasteiger charge is 2.31. The van der Waals surface area contributed by atoms with Crippen molar-refractivity contribution in [2.24, 2.45) is 5.41 Å². The minimum absolute atomic E-state index is 0.0680. The molecule has 0 amide bonds. The molecule has 0 saturated carbocycles. The maximum atomic E-state index is 11.5. The van der Waals surface area contributed by atoms with E-state index in [4.69, 9.17) is 4.74 Å². The molecular formula is C15H24O4. The summed E-state index contributed by atoms with van der Waals surface area (Å²) in [5.74, 6) is -0.319. The van der Waals surface area contributed by atoms with Crippen LogP contribution in [0.3, 0.4) is 0 Å². The molecule has 1 atom stereocenters. The molecule has 0 saturated heterocycles. The number of hydrogen-bond acceptors (Lipinski definition) is 4. The van der Waals surface area contributed by atoms with Gasteiger partial charge < -0.3 is 9.47 Å². The zero-order valence-corrected chi connectivity index (χ0v) is 11.9. The van der Waals surface area contributed by atoms with E-state index >= 15 is 0 Å². The fourth-order valence-electron chi connectivity index (χ4n) is 2.64. The smallest absolute Gasteiger partial charge is 0.306 e. The van der Waals surface area contributed by atoms with Crippen molar-refractivity contribution in [3.8, 4) is 0 Å². The van der Waals surface area contributed by atoms with Crippen molar-refractivity contribution in [2.75, 3.05) is 14.2 Å². The average molecular weight is 268 g/mol. The van der Waals surface area contributed by atoms with E-state index in [0.29, 0.717) is 12.8 Å². The van der Waals surface area contributed by atoms with Crippen LogP contribution >= 0.6 is 0 Å². The zero-order valence-electron chi connectivity index (χ0n) is 11.9. The lowest BCUT2D eigenvalue weighted by atomic mass is 9.73. The summed E-state index contributed by atoms with van der Waals surface area (Å²) in [5.41, 5.74) is -0.0680. The monoisotopic (exact) mass is 268 g/mol. The van der Waals surface area contributed by atoms with Crippen LogP contribution in [0.5, 0.6) is 0 Å². The minimum Gasteiger partial charge on any atom is -0.469 e. The Bertz CT molecular complexity index is 335. The molecule has 0 aromatic heterocycles. The second-order valence-electron chi connectivity index (χ2n) is 5.19. The molecule has 0 fully saturated rings. The van der Waals surface area contributed by atoms with Gasteiger partial charge in [0.15, 0.2) is 0 Å². The first-order chi connectivity index (χ1) is 9.12. The van der Waals surface area contributed by atoms with Crippen LogP contribution in [0.2, 0.25) is 0 Å². The van der Waals surface area contributed by atoms with E-state index in [1.54, 1.807) is 0 Å². The third kappa shape index (κ3) is 5.45. The van der Waals surface area contributed by atoms with Crippen LogP contribution < -0.4 is 0 Å². The molecule has 4 nitrogen and oxygen atoms in total. The molecule has 4 heteroatoms. The van der Waals surface area contributed by atoms with Gasteiger partial charge in [-0.1, -0.05) is 18.6 Å². The van der Waals surface area contributed by atoms with Crippen molar-refractivity contribution in [3.05, 3.63) is 12.2 Å². The summed E-state index contributed by atoms with van der Waals surface area (Å²) in [4.78, 5) is 22.6. The van der Waals surface area contributed by atoms with E-state index in [2.05, 4.69) is 16.9 Å². The fourth-order valence-corrected chi connectivity index (χ4v) is 2.64. The number of ether oxygens (including phenoxy) is 2. The van der Waals surface area contributed by atoms with Gasteiger partial charge in [-0.25, -0.2) is 0 Å². The Morgan fingerprint density at radius 3 is 2.47 bits per heavy atom. The Morgan fingerprint density at radius 1 is 1.16 bits per heavy atom. The molecule has 0 heterocycles. The average Bonchev–Trinajstić information content (AvgIpc) is 2.44. The molecule has 0 bridgehead atoms. The number of esters is 2. The Balaban J connectivity index is 2.46. The molecule has 0 unspecified atom stereocenters. The molecule has 0 aliphatic heterocycles. The highest BCUT2D eigenvalue weighted by molar-refractivity contribution is 5.70. The number of carbonyl (C=O) groups is 2. The van der Waals surface area contributed by atoms with Gasteiger partial charge in [-0.05, 0) is 37.5 Å². The lowest BCUT2D eigenvalue weighted by Gasteiger charge is -2.32. The van der Waals surface area contributed by atoms with Crippen molar-refractivity contribution in [1.29, 1.82) is 0 Å². The molecule has 0 aromatic carbocycles. The first-order valence-electron chi connectivity index (χ1n) is 6.93. The van der Waals surface area contributed by atoms with Crippen LogP contribution in [0.15, 0.2) is 12.2 Å². The van der Waals surface area contributed by atoms with Gasteiger partial charge in [0.1, 0.15) is 0 Å². The Morgan fingerprint density at radius 2 is 1.89 bits per heavy atom. The molecule has 0 aromatic rings. The van der Waals surface area contributed by atoms with Crippen LogP contribution in [0.1, 0.15) is 51.4 Å². The van der Waals surface area contributed by atoms with Crippen molar-refractivity contribution >= 4 is 11.9 Å². The lowest BCUT2D eigenvalue weighted by molar-refractivity contribution is -0.143. The van der Waals surface area contributed by atoms with Crippen LogP contribution in [0, 0.1) is 5.41 Å². The van der Waals surface area contributed by atoms with E-state index < -0.39 is 0 Å². The van der Waals surface area contributed by atoms with E-state index in [9.17, 15) is 9.59 Å². The van der Waals surface area contributed by atoms with Gasteiger partial charge in [0.2, 0.25) is 0 Å². The first-order valence-corrected chi connectivity index (χ1v) is 6.93. The van der Waals surface area contributed by atoms with Gasteiger partial charge in [0.25, 0.3) is 0 Å². The Hall–Kier alpha value is -1.32. The maximum absolute atomic E-state index is 11.5. The minimum atomic E-state index is -0.166. The number of hydrogen-bond donors (Lipinski definition) is 0. The normalized spacial score (nSPS) is 22.0. The molecule has 0 radical (unpaired) electrons. The van der Waals surface area contributed by atoms with E-state index in [0.717, 1.165) is 38.5 Å². The van der Waals surface area contributed by atoms with E-state index in [-0.39, 0.29) is 17.4 Å². The van der Waals surface area contributed by atoms with Crippen molar-refractivity contribution in [1.82, 2.24) is 0 Å². The van der Waals surface area contributed by atoms with E-state index in [1.807, 2.05) is 0 Å². The zero-order chi connectivity index (χ0) is 14.1. The number of allylic oxidation sites excluding steroid dienone is 2. The van der Waals surface area contributed by atoms with Crippen molar-refractivity contribution in [3.63, 3.8) is 0 Å². The topological polar surface area (TPSA) is 52.6 Å². The second-order valence-corrected chi connectivity index (χ2v) is 5.19. The van der Waals surface area contributed by atoms with Crippen molar-refractivity contribution in [2.45, 2.75) is 51.4 Å². The lowest BCUT2D eigenvalue weighted by Crippen LogP contribution is -2.25. The predicted octanol–water partition coefficient (Wildman–Crippen LogP) is 3.01. The standard InChI is InChI=1S/C15H24O4/c1-18-13(16)8-4-7-11-15(12-14(17)19-2)9-5-3-6-10-15/h5,9H,3-4,6-8,10-12H2,1-2H3/t15-/m0/s1. The van der Waals surface area contributed by atoms with Crippen LogP contribution in [-0.2, 0) is 19.1 Å². The fraction of sp³-hybridized carbons (Fsp3) is 0.733. The molecule has 19 heavy (non-hydrogen) atoms. The third-order valence-electron chi connectivity index (χ3n) is 3.77. The highest BCUT2D eigenvalue weighted by Crippen LogP contribution is 2.39. The summed E-state index contributed by atoms with van der Waals surface area (Å²) in [6.45, 7) is 0. The number of rotatable bonds is 7. The molecule has 1 aliphatic carbocycles. The first kappa shape index (κ1) is 15.7. The molecular weight excluding hydrogens is 244 g/mol. The SMILES string of the molecule is COC(=O)CCCC[C@]1(CC(=O)OC)C=CCCC1. The number of carbonyl (C=O) groups excluding carboxylic acids is 2. The summed E-state index contributed by atoms with van der Waals surface area (Å²) < 4.78 is 9.42. The van der Waals surface area contributed by atoms with Gasteiger partial charge in [-0.3, -0.25) is 9.59 Å². The summed E-state index contributed by atoms with van der Waals surface area (Å²) in [6.07, 6.45) is 11.1. The number of methoxy groups -OCH3 is 2. The second kappa shape index (κ2) is 7.97. The summed E-state index contributed by atoms with van der Waals surface area (Å²) in [5, 5.41) is 0. The van der Waals surface area contributed by atoms with Gasteiger partial charge in [0, 0.05) is 6.42 Å². The quantitative estimate of drug-likeness (QED) is 0.404. The van der Waals surface area contributed by atoms with Gasteiger partial charge in [0.05, 0.1) is 20.6 Å². The van der Waals surface area contributed by atoms with E-state index in [1.165, 1.54) is 14.2 Å². The van der Waals surface area contributed by atoms with Crippen LogP contribution in [-0.4, -0.2) is 26.2 Å². The summed E-state index contributed by atoms with van der Waals surface area (Å²) in [7, 11) is 2.84. The maximum Gasteiger partial charge on any atom is 0.306 e. The number of unbranched alkanes of at least 4 members (excludes halogenated alkanes) is 1. The van der Waals surface area contributed by atoms with Crippen LogP contribution in [0.25, 0.3) is 0 Å². The molecule has 1 aliphatic rings. The summed E-state index contributed by atoms with van der Waals surface area (Å²) >= 11 is 0. The van der Waals surface area contributed by atoms with Gasteiger partial charge in [-0.15, -0.1) is 0 Å². The Labute approximate surface area is 115 Å². The summed E-state index contributed by atoms with van der Waals surface area (Å²) in [6, 6.07) is 0. The molecule has 1 rings (SSSR count). The largest absolute Gasteiger partial charge is 0.469 e. The van der Waals surface area contributed by atoms with Crippen LogP contribution in [0.4, 0.5) is 0 Å². The Kier molecular flexibility index (Phi) is 6.60. The molecule has 0 spiro atoms. The van der Waals surface area contributed by atoms with Gasteiger partial charge in [-0.2, -0.15) is 0 Å². The van der Waals surface area contributed by atoms with Crippen molar-refractivity contribution < 1.29 is 19.1 Å². The molecule has 108 valence electrons. The predicted molar refractivity (Wildman–Crippen MR) is 72.5 cm³/mol.